The number of piperidine rings is 1. The van der Waals surface area contributed by atoms with Crippen molar-refractivity contribution in [1.29, 1.82) is 0 Å². The fourth-order valence-electron chi connectivity index (χ4n) is 3.24. The lowest BCUT2D eigenvalue weighted by atomic mass is 10.1. The Morgan fingerprint density at radius 3 is 3.00 bits per heavy atom. The molecule has 0 saturated carbocycles. The quantitative estimate of drug-likeness (QED) is 0.926. The van der Waals surface area contributed by atoms with Crippen LogP contribution in [0.15, 0.2) is 24.3 Å². The zero-order valence-electron chi connectivity index (χ0n) is 12.5. The van der Waals surface area contributed by atoms with Crippen LogP contribution in [0.5, 0.6) is 0 Å². The molecule has 1 aromatic carbocycles. The van der Waals surface area contributed by atoms with Crippen molar-refractivity contribution in [2.75, 3.05) is 19.6 Å². The van der Waals surface area contributed by atoms with Gasteiger partial charge in [0.2, 0.25) is 0 Å². The van der Waals surface area contributed by atoms with Gasteiger partial charge in [-0.15, -0.1) is 0 Å². The zero-order chi connectivity index (χ0) is 13.9. The Hall–Kier alpha value is -1.39. The van der Waals surface area contributed by atoms with Gasteiger partial charge in [-0.1, -0.05) is 25.1 Å². The van der Waals surface area contributed by atoms with Gasteiger partial charge in [-0.2, -0.15) is 5.10 Å². The summed E-state index contributed by atoms with van der Waals surface area (Å²) < 4.78 is 2.00. The normalized spacial score (nSPS) is 19.9. The van der Waals surface area contributed by atoms with E-state index in [2.05, 4.69) is 41.4 Å². The molecule has 0 aliphatic carbocycles. The van der Waals surface area contributed by atoms with E-state index in [9.17, 15) is 0 Å². The molecule has 1 saturated heterocycles. The molecule has 20 heavy (non-hydrogen) atoms. The second-order valence-corrected chi connectivity index (χ2v) is 5.65. The van der Waals surface area contributed by atoms with Crippen molar-refractivity contribution in [1.82, 2.24) is 20.0 Å². The predicted molar refractivity (Wildman–Crippen MR) is 82.7 cm³/mol. The summed E-state index contributed by atoms with van der Waals surface area (Å²) in [6.45, 7) is 6.56. The van der Waals surface area contributed by atoms with E-state index in [1.54, 1.807) is 0 Å². The molecule has 3 rings (SSSR count). The lowest BCUT2D eigenvalue weighted by Gasteiger charge is -2.33. The number of aryl methyl sites for hydroxylation is 1. The van der Waals surface area contributed by atoms with Crippen molar-refractivity contribution in [3.8, 4) is 0 Å². The fraction of sp³-hybridized carbons (Fsp3) is 0.562. The van der Waals surface area contributed by atoms with Crippen molar-refractivity contribution >= 4 is 10.9 Å². The summed E-state index contributed by atoms with van der Waals surface area (Å²) in [5, 5.41) is 9.53. The van der Waals surface area contributed by atoms with E-state index in [4.69, 9.17) is 5.10 Å². The van der Waals surface area contributed by atoms with Crippen LogP contribution in [0.2, 0.25) is 0 Å². The molecule has 1 atom stereocenters. The van der Waals surface area contributed by atoms with Gasteiger partial charge in [0.05, 0.1) is 11.2 Å². The van der Waals surface area contributed by atoms with E-state index in [1.165, 1.54) is 36.0 Å². The standard InChI is InChI=1S/C16H24N4/c1-3-20(13-7-6-10-17-11-13)12-15-14-8-4-5-9-16(14)19(2)18-15/h4-5,8-9,13,17H,3,6-7,10-12H2,1-2H3. The minimum Gasteiger partial charge on any atom is -0.315 e. The van der Waals surface area contributed by atoms with Crippen LogP contribution in [0.1, 0.15) is 25.5 Å². The number of hydrogen-bond acceptors (Lipinski definition) is 3. The summed E-state index contributed by atoms with van der Waals surface area (Å²) in [4.78, 5) is 2.56. The number of para-hydroxylation sites is 1. The Morgan fingerprint density at radius 2 is 2.25 bits per heavy atom. The number of fused-ring (bicyclic) bond motifs is 1. The lowest BCUT2D eigenvalue weighted by molar-refractivity contribution is 0.164. The second kappa shape index (κ2) is 5.94. The summed E-state index contributed by atoms with van der Waals surface area (Å²) in [5.41, 5.74) is 2.43. The first-order valence-corrected chi connectivity index (χ1v) is 7.65. The van der Waals surface area contributed by atoms with E-state index in [1.807, 2.05) is 11.7 Å². The monoisotopic (exact) mass is 272 g/mol. The Morgan fingerprint density at radius 1 is 1.40 bits per heavy atom. The van der Waals surface area contributed by atoms with Crippen LogP contribution in [0.4, 0.5) is 0 Å². The predicted octanol–water partition coefficient (Wildman–Crippen LogP) is 2.15. The SMILES string of the molecule is CCN(Cc1nn(C)c2ccccc12)C1CCCNC1. The van der Waals surface area contributed by atoms with Gasteiger partial charge in [0.15, 0.2) is 0 Å². The largest absolute Gasteiger partial charge is 0.315 e. The molecule has 2 heterocycles. The highest BCUT2D eigenvalue weighted by atomic mass is 15.3. The maximum absolute atomic E-state index is 4.73. The maximum atomic E-state index is 4.73. The van der Waals surface area contributed by atoms with Gasteiger partial charge in [-0.25, -0.2) is 0 Å². The molecule has 0 bridgehead atoms. The molecule has 0 amide bonds. The van der Waals surface area contributed by atoms with Crippen molar-refractivity contribution in [2.24, 2.45) is 7.05 Å². The third kappa shape index (κ3) is 2.58. The molecule has 1 fully saturated rings. The third-order valence-corrected chi connectivity index (χ3v) is 4.38. The van der Waals surface area contributed by atoms with E-state index in [0.29, 0.717) is 6.04 Å². The fourth-order valence-corrected chi connectivity index (χ4v) is 3.24. The van der Waals surface area contributed by atoms with E-state index >= 15 is 0 Å². The van der Waals surface area contributed by atoms with Gasteiger partial charge in [0, 0.05) is 31.6 Å². The molecule has 1 aromatic heterocycles. The summed E-state index contributed by atoms with van der Waals surface area (Å²) in [6, 6.07) is 9.16. The van der Waals surface area contributed by atoms with Crippen molar-refractivity contribution in [3.05, 3.63) is 30.0 Å². The Balaban J connectivity index is 1.83. The second-order valence-electron chi connectivity index (χ2n) is 5.65. The molecular weight excluding hydrogens is 248 g/mol. The number of benzene rings is 1. The molecular formula is C16H24N4. The minimum atomic E-state index is 0.648. The number of rotatable bonds is 4. The van der Waals surface area contributed by atoms with Crippen molar-refractivity contribution < 1.29 is 0 Å². The minimum absolute atomic E-state index is 0.648. The van der Waals surface area contributed by atoms with Crippen LogP contribution < -0.4 is 5.32 Å². The molecule has 0 spiro atoms. The molecule has 2 aromatic rings. The molecule has 0 radical (unpaired) electrons. The molecule has 4 heteroatoms. The van der Waals surface area contributed by atoms with Crippen molar-refractivity contribution in [2.45, 2.75) is 32.4 Å². The lowest BCUT2D eigenvalue weighted by Crippen LogP contribution is -2.45. The number of hydrogen-bond donors (Lipinski definition) is 1. The molecule has 1 unspecified atom stereocenters. The van der Waals surface area contributed by atoms with Crippen LogP contribution in [0.3, 0.4) is 0 Å². The average Bonchev–Trinajstić information content (AvgIpc) is 2.82. The topological polar surface area (TPSA) is 33.1 Å². The van der Waals surface area contributed by atoms with Gasteiger partial charge < -0.3 is 5.32 Å². The first-order valence-electron chi connectivity index (χ1n) is 7.65. The number of nitrogens with one attached hydrogen (secondary N) is 1. The van der Waals surface area contributed by atoms with Crippen LogP contribution >= 0.6 is 0 Å². The first-order chi connectivity index (χ1) is 9.79. The van der Waals surface area contributed by atoms with Crippen LogP contribution in [0, 0.1) is 0 Å². The highest BCUT2D eigenvalue weighted by molar-refractivity contribution is 5.81. The summed E-state index contributed by atoms with van der Waals surface area (Å²) in [7, 11) is 2.03. The Kier molecular flexibility index (Phi) is 4.03. The van der Waals surface area contributed by atoms with Crippen LogP contribution in [-0.2, 0) is 13.6 Å². The van der Waals surface area contributed by atoms with E-state index < -0.39 is 0 Å². The van der Waals surface area contributed by atoms with Crippen molar-refractivity contribution in [3.63, 3.8) is 0 Å². The van der Waals surface area contributed by atoms with Gasteiger partial charge >= 0.3 is 0 Å². The van der Waals surface area contributed by atoms with E-state index in [0.717, 1.165) is 19.6 Å². The summed E-state index contributed by atoms with van der Waals surface area (Å²) in [5.74, 6) is 0. The summed E-state index contributed by atoms with van der Waals surface area (Å²) in [6.07, 6.45) is 2.58. The molecule has 1 N–H and O–H groups in total. The van der Waals surface area contributed by atoms with Gasteiger partial charge in [-0.05, 0) is 32.0 Å². The first kappa shape index (κ1) is 13.6. The average molecular weight is 272 g/mol. The van der Waals surface area contributed by atoms with Gasteiger partial charge in [0.25, 0.3) is 0 Å². The molecule has 1 aliphatic rings. The van der Waals surface area contributed by atoms with Crippen LogP contribution in [0.25, 0.3) is 10.9 Å². The van der Waals surface area contributed by atoms with Gasteiger partial charge in [-0.3, -0.25) is 9.58 Å². The Bertz CT molecular complexity index is 569. The number of nitrogens with zero attached hydrogens (tertiary/aromatic N) is 3. The molecule has 4 nitrogen and oxygen atoms in total. The smallest absolute Gasteiger partial charge is 0.0843 e. The van der Waals surface area contributed by atoms with Gasteiger partial charge in [0.1, 0.15) is 0 Å². The van der Waals surface area contributed by atoms with E-state index in [-0.39, 0.29) is 0 Å². The number of likely N-dealkylation sites (N-methyl/N-ethyl adjacent to an activating group) is 1. The molecule has 1 aliphatic heterocycles. The third-order valence-electron chi connectivity index (χ3n) is 4.38. The number of aromatic nitrogens is 2. The van der Waals surface area contributed by atoms with Crippen LogP contribution in [-0.4, -0.2) is 40.4 Å². The highest BCUT2D eigenvalue weighted by Gasteiger charge is 2.21. The summed E-state index contributed by atoms with van der Waals surface area (Å²) >= 11 is 0. The highest BCUT2D eigenvalue weighted by Crippen LogP contribution is 2.21. The Labute approximate surface area is 120 Å². The zero-order valence-corrected chi connectivity index (χ0v) is 12.5. The molecule has 108 valence electrons. The maximum Gasteiger partial charge on any atom is 0.0843 e.